The van der Waals surface area contributed by atoms with Crippen LogP contribution in [0.15, 0.2) is 30.5 Å². The highest BCUT2D eigenvalue weighted by molar-refractivity contribution is 5.78. The average molecular weight is 333 g/mol. The first-order valence-electron chi connectivity index (χ1n) is 7.87. The Morgan fingerprint density at radius 1 is 1.42 bits per heavy atom. The molecule has 0 radical (unpaired) electrons. The van der Waals surface area contributed by atoms with Gasteiger partial charge in [0.25, 0.3) is 0 Å². The molecule has 0 bridgehead atoms. The van der Waals surface area contributed by atoms with Crippen molar-refractivity contribution in [3.63, 3.8) is 0 Å². The number of likely N-dealkylation sites (tertiary alicyclic amines) is 1. The topological polar surface area (TPSA) is 94.1 Å². The SMILES string of the molecule is O=C(CN1CCCC(O)(c2cn[nH]n2)C1)NCc1ccc(F)cc1. The number of nitrogens with zero attached hydrogens (tertiary/aromatic N) is 3. The van der Waals surface area contributed by atoms with Crippen molar-refractivity contribution in [2.75, 3.05) is 19.6 Å². The predicted molar refractivity (Wildman–Crippen MR) is 84.2 cm³/mol. The number of aromatic amines is 1. The second-order valence-electron chi connectivity index (χ2n) is 6.10. The van der Waals surface area contributed by atoms with Crippen molar-refractivity contribution in [1.29, 1.82) is 0 Å². The van der Waals surface area contributed by atoms with E-state index in [0.717, 1.165) is 18.5 Å². The van der Waals surface area contributed by atoms with E-state index >= 15 is 0 Å². The van der Waals surface area contributed by atoms with Gasteiger partial charge in [0, 0.05) is 13.1 Å². The van der Waals surface area contributed by atoms with Crippen molar-refractivity contribution < 1.29 is 14.3 Å². The minimum absolute atomic E-state index is 0.135. The van der Waals surface area contributed by atoms with E-state index in [4.69, 9.17) is 0 Å². The molecule has 2 heterocycles. The highest BCUT2D eigenvalue weighted by atomic mass is 19.1. The zero-order valence-corrected chi connectivity index (χ0v) is 13.2. The van der Waals surface area contributed by atoms with Crippen LogP contribution in [0.3, 0.4) is 0 Å². The normalized spacial score (nSPS) is 21.6. The maximum atomic E-state index is 12.9. The van der Waals surface area contributed by atoms with Gasteiger partial charge in [-0.2, -0.15) is 15.4 Å². The van der Waals surface area contributed by atoms with E-state index in [1.165, 1.54) is 18.3 Å². The molecule has 1 atom stereocenters. The fraction of sp³-hybridized carbons (Fsp3) is 0.438. The summed E-state index contributed by atoms with van der Waals surface area (Å²) in [7, 11) is 0. The number of H-pyrrole nitrogens is 1. The van der Waals surface area contributed by atoms with Gasteiger partial charge in [0.2, 0.25) is 5.91 Å². The molecule has 1 amide bonds. The molecule has 1 saturated heterocycles. The summed E-state index contributed by atoms with van der Waals surface area (Å²) >= 11 is 0. The number of piperidine rings is 1. The smallest absolute Gasteiger partial charge is 0.234 e. The molecule has 8 heteroatoms. The van der Waals surface area contributed by atoms with Gasteiger partial charge >= 0.3 is 0 Å². The third-order valence-electron chi connectivity index (χ3n) is 4.21. The number of hydrogen-bond acceptors (Lipinski definition) is 5. The second-order valence-corrected chi connectivity index (χ2v) is 6.10. The molecular formula is C16H20FN5O2. The summed E-state index contributed by atoms with van der Waals surface area (Å²) in [5, 5.41) is 23.7. The van der Waals surface area contributed by atoms with Gasteiger partial charge in [-0.25, -0.2) is 4.39 Å². The van der Waals surface area contributed by atoms with Gasteiger partial charge in [-0.15, -0.1) is 0 Å². The Hall–Kier alpha value is -2.32. The number of amides is 1. The number of carbonyl (C=O) groups excluding carboxylic acids is 1. The molecular weight excluding hydrogens is 313 g/mol. The number of carbonyl (C=O) groups is 1. The zero-order valence-electron chi connectivity index (χ0n) is 13.2. The van der Waals surface area contributed by atoms with Gasteiger partial charge in [-0.3, -0.25) is 9.69 Å². The van der Waals surface area contributed by atoms with Gasteiger partial charge < -0.3 is 10.4 Å². The van der Waals surface area contributed by atoms with Crippen molar-refractivity contribution in [2.45, 2.75) is 25.0 Å². The first kappa shape index (κ1) is 16.5. The Balaban J connectivity index is 1.51. The molecule has 3 rings (SSSR count). The summed E-state index contributed by atoms with van der Waals surface area (Å²) in [5.41, 5.74) is 0.254. The maximum absolute atomic E-state index is 12.9. The molecule has 7 nitrogen and oxygen atoms in total. The van der Waals surface area contributed by atoms with Crippen LogP contribution < -0.4 is 5.32 Å². The Morgan fingerprint density at radius 2 is 2.21 bits per heavy atom. The van der Waals surface area contributed by atoms with Gasteiger partial charge in [0.1, 0.15) is 17.1 Å². The summed E-state index contributed by atoms with van der Waals surface area (Å²) in [6.45, 7) is 1.62. The number of aliphatic hydroxyl groups is 1. The van der Waals surface area contributed by atoms with Crippen molar-refractivity contribution in [3.05, 3.63) is 47.5 Å². The van der Waals surface area contributed by atoms with Crippen molar-refractivity contribution in [2.24, 2.45) is 0 Å². The summed E-state index contributed by atoms with van der Waals surface area (Å²) in [4.78, 5) is 14.0. The molecule has 1 aromatic carbocycles. The van der Waals surface area contributed by atoms with Crippen LogP contribution in [0.25, 0.3) is 0 Å². The van der Waals surface area contributed by atoms with Crippen LogP contribution in [0.5, 0.6) is 0 Å². The lowest BCUT2D eigenvalue weighted by atomic mass is 9.90. The highest BCUT2D eigenvalue weighted by Crippen LogP contribution is 2.29. The van der Waals surface area contributed by atoms with Crippen LogP contribution in [0.1, 0.15) is 24.1 Å². The zero-order chi connectivity index (χ0) is 17.0. The summed E-state index contributed by atoms with van der Waals surface area (Å²) in [6, 6.07) is 6.01. The van der Waals surface area contributed by atoms with Crippen LogP contribution in [-0.4, -0.2) is 51.0 Å². The highest BCUT2D eigenvalue weighted by Gasteiger charge is 2.37. The second kappa shape index (κ2) is 7.06. The van der Waals surface area contributed by atoms with E-state index in [1.54, 1.807) is 12.1 Å². The number of halogens is 1. The van der Waals surface area contributed by atoms with Gasteiger partial charge in [0.05, 0.1) is 12.7 Å². The number of hydrogen-bond donors (Lipinski definition) is 3. The summed E-state index contributed by atoms with van der Waals surface area (Å²) in [5.74, 6) is -0.436. The van der Waals surface area contributed by atoms with E-state index in [2.05, 4.69) is 20.7 Å². The number of aromatic nitrogens is 3. The van der Waals surface area contributed by atoms with Crippen molar-refractivity contribution in [1.82, 2.24) is 25.6 Å². The lowest BCUT2D eigenvalue weighted by Crippen LogP contribution is -2.49. The Bertz CT molecular complexity index is 676. The van der Waals surface area contributed by atoms with Crippen LogP contribution in [0.2, 0.25) is 0 Å². The lowest BCUT2D eigenvalue weighted by molar-refractivity contribution is -0.124. The molecule has 1 unspecified atom stereocenters. The first-order valence-corrected chi connectivity index (χ1v) is 7.87. The Kier molecular flexibility index (Phi) is 4.86. The molecule has 1 aliphatic rings. The largest absolute Gasteiger partial charge is 0.382 e. The molecule has 0 aliphatic carbocycles. The van der Waals surface area contributed by atoms with Gasteiger partial charge in [0.15, 0.2) is 0 Å². The number of β-amino-alcohol motifs (C(OH)–C–C–N with tert-alkyl or cyclic N) is 1. The van der Waals surface area contributed by atoms with Crippen LogP contribution in [0, 0.1) is 5.82 Å². The molecule has 24 heavy (non-hydrogen) atoms. The molecule has 128 valence electrons. The number of benzene rings is 1. The Morgan fingerprint density at radius 3 is 2.92 bits per heavy atom. The third-order valence-corrected chi connectivity index (χ3v) is 4.21. The minimum atomic E-state index is -1.08. The molecule has 3 N–H and O–H groups in total. The molecule has 1 aromatic heterocycles. The van der Waals surface area contributed by atoms with E-state index < -0.39 is 5.60 Å². The number of nitrogens with one attached hydrogen (secondary N) is 2. The first-order chi connectivity index (χ1) is 11.5. The van der Waals surface area contributed by atoms with Crippen molar-refractivity contribution >= 4 is 5.91 Å². The van der Waals surface area contributed by atoms with Crippen LogP contribution >= 0.6 is 0 Å². The fourth-order valence-electron chi connectivity index (χ4n) is 2.95. The van der Waals surface area contributed by atoms with Crippen molar-refractivity contribution in [3.8, 4) is 0 Å². The van der Waals surface area contributed by atoms with Crippen LogP contribution in [0.4, 0.5) is 4.39 Å². The maximum Gasteiger partial charge on any atom is 0.234 e. The van der Waals surface area contributed by atoms with Gasteiger partial charge in [-0.05, 0) is 37.1 Å². The minimum Gasteiger partial charge on any atom is -0.382 e. The molecule has 0 spiro atoms. The van der Waals surface area contributed by atoms with Crippen LogP contribution in [-0.2, 0) is 16.9 Å². The quantitative estimate of drug-likeness (QED) is 0.743. The van der Waals surface area contributed by atoms with E-state index in [0.29, 0.717) is 25.2 Å². The average Bonchev–Trinajstić information content (AvgIpc) is 3.10. The van der Waals surface area contributed by atoms with E-state index in [9.17, 15) is 14.3 Å². The van der Waals surface area contributed by atoms with E-state index in [1.807, 2.05) is 4.90 Å². The molecule has 0 saturated carbocycles. The number of rotatable bonds is 5. The molecule has 2 aromatic rings. The third kappa shape index (κ3) is 3.95. The lowest BCUT2D eigenvalue weighted by Gasteiger charge is -2.37. The monoisotopic (exact) mass is 333 g/mol. The summed E-state index contributed by atoms with van der Waals surface area (Å²) in [6.07, 6.45) is 2.87. The van der Waals surface area contributed by atoms with Gasteiger partial charge in [-0.1, -0.05) is 12.1 Å². The Labute approximate surface area is 138 Å². The predicted octanol–water partition coefficient (Wildman–Crippen LogP) is 0.544. The summed E-state index contributed by atoms with van der Waals surface area (Å²) < 4.78 is 12.9. The standard InChI is InChI=1S/C16H20FN5O2/c17-13-4-2-12(3-5-13)8-18-15(23)10-22-7-1-6-16(24,11-22)14-9-19-21-20-14/h2-5,9,24H,1,6-8,10-11H2,(H,18,23)(H,19,20,21). The molecule has 1 aliphatic heterocycles. The van der Waals surface area contributed by atoms with E-state index in [-0.39, 0.29) is 18.3 Å². The molecule has 1 fully saturated rings. The fourth-order valence-corrected chi connectivity index (χ4v) is 2.95.